The summed E-state index contributed by atoms with van der Waals surface area (Å²) >= 11 is 4.88. The quantitative estimate of drug-likeness (QED) is 0.470. The third-order valence-electron chi connectivity index (χ3n) is 2.04. The first kappa shape index (κ1) is 16.4. The summed E-state index contributed by atoms with van der Waals surface area (Å²) in [5.74, 6) is 0.935. The Labute approximate surface area is 102 Å². The average Bonchev–Trinajstić information content (AvgIpc) is 2.05. The van der Waals surface area contributed by atoms with E-state index in [1.54, 1.807) is 0 Å². The maximum atomic E-state index is 4.88. The smallest absolute Gasteiger partial charge is 0 e. The number of rotatable bonds is 8. The fourth-order valence-electron chi connectivity index (χ4n) is 1.33. The molecule has 1 nitrogen and oxygen atoms in total. The summed E-state index contributed by atoms with van der Waals surface area (Å²) in [4.78, 5) is 2.41. The van der Waals surface area contributed by atoms with E-state index in [0.29, 0.717) is 0 Å². The molecule has 3 heteroatoms. The summed E-state index contributed by atoms with van der Waals surface area (Å²) in [5.41, 5.74) is 0. The summed E-state index contributed by atoms with van der Waals surface area (Å²) in [7, 11) is 2.20. The van der Waals surface area contributed by atoms with E-state index in [2.05, 4.69) is 18.9 Å². The van der Waals surface area contributed by atoms with Gasteiger partial charge in [0.1, 0.15) is 0 Å². The van der Waals surface area contributed by atoms with Crippen LogP contribution in [0.2, 0.25) is 0 Å². The average molecular weight is 381 g/mol. The van der Waals surface area contributed by atoms with Gasteiger partial charge in [-0.25, -0.2) is 0 Å². The van der Waals surface area contributed by atoms with E-state index >= 15 is 0 Å². The molecule has 0 aromatic rings. The van der Waals surface area contributed by atoms with Gasteiger partial charge in [0.25, 0.3) is 0 Å². The fraction of sp³-hybridized carbons (Fsp3) is 1.00. The molecular formula is C10H22IrNS-. The first-order valence-electron chi connectivity index (χ1n) is 5.08. The normalized spacial score (nSPS) is 10.2. The van der Waals surface area contributed by atoms with E-state index in [-0.39, 0.29) is 20.1 Å². The van der Waals surface area contributed by atoms with Gasteiger partial charge < -0.3 is 17.5 Å². The molecule has 0 aliphatic rings. The van der Waals surface area contributed by atoms with Crippen molar-refractivity contribution >= 4 is 12.6 Å². The van der Waals surface area contributed by atoms with E-state index in [1.807, 2.05) is 0 Å². The van der Waals surface area contributed by atoms with Gasteiger partial charge in [0.2, 0.25) is 0 Å². The molecule has 0 fully saturated rings. The molecule has 0 saturated heterocycles. The summed E-state index contributed by atoms with van der Waals surface area (Å²) in [5, 5.41) is 0. The molecular weight excluding hydrogens is 358 g/mol. The molecule has 0 aromatic heterocycles. The van der Waals surface area contributed by atoms with Gasteiger partial charge in [-0.1, -0.05) is 26.2 Å². The second-order valence-corrected chi connectivity index (χ2v) is 3.83. The van der Waals surface area contributed by atoms with Gasteiger partial charge in [-0.3, -0.25) is 0 Å². The SMILES string of the molecule is CCCN(C)CCCCCC[S-].[Ir]. The Bertz CT molecular complexity index is 91.0. The number of unbranched alkanes of at least 4 members (excludes halogenated alkanes) is 3. The Kier molecular flexibility index (Phi) is 16.3. The van der Waals surface area contributed by atoms with Crippen LogP contribution in [0.3, 0.4) is 0 Å². The van der Waals surface area contributed by atoms with Crippen LogP contribution < -0.4 is 0 Å². The monoisotopic (exact) mass is 381 g/mol. The molecule has 0 aliphatic carbocycles. The first-order chi connectivity index (χ1) is 5.81. The van der Waals surface area contributed by atoms with Gasteiger partial charge >= 0.3 is 0 Å². The molecule has 0 bridgehead atoms. The third-order valence-corrected chi connectivity index (χ3v) is 2.33. The maximum Gasteiger partial charge on any atom is 0 e. The summed E-state index contributed by atoms with van der Waals surface area (Å²) in [6.07, 6.45) is 6.51. The molecule has 0 amide bonds. The zero-order valence-corrected chi connectivity index (χ0v) is 12.1. The number of nitrogens with zero attached hydrogens (tertiary/aromatic N) is 1. The Morgan fingerprint density at radius 3 is 2.15 bits per heavy atom. The van der Waals surface area contributed by atoms with E-state index in [1.165, 1.54) is 45.2 Å². The molecule has 0 rings (SSSR count). The molecule has 0 spiro atoms. The van der Waals surface area contributed by atoms with Gasteiger partial charge in [0.05, 0.1) is 0 Å². The van der Waals surface area contributed by atoms with Gasteiger partial charge in [0.15, 0.2) is 0 Å². The second-order valence-electron chi connectivity index (χ2n) is 3.42. The standard InChI is InChI=1S/C10H23NS.Ir/c1-3-8-11(2)9-6-4-5-7-10-12;/h12H,3-10H2,1-2H3;/p-1. The maximum absolute atomic E-state index is 4.88. The van der Waals surface area contributed by atoms with Crippen molar-refractivity contribution in [2.75, 3.05) is 25.9 Å². The molecule has 13 heavy (non-hydrogen) atoms. The molecule has 0 aliphatic heterocycles. The van der Waals surface area contributed by atoms with Crippen molar-refractivity contribution in [3.63, 3.8) is 0 Å². The van der Waals surface area contributed by atoms with Crippen molar-refractivity contribution in [3.05, 3.63) is 0 Å². The Balaban J connectivity index is 0. The summed E-state index contributed by atoms with van der Waals surface area (Å²) in [6.45, 7) is 4.72. The van der Waals surface area contributed by atoms with Crippen molar-refractivity contribution in [2.24, 2.45) is 0 Å². The molecule has 0 aromatic carbocycles. The van der Waals surface area contributed by atoms with Crippen molar-refractivity contribution < 1.29 is 20.1 Å². The van der Waals surface area contributed by atoms with E-state index < -0.39 is 0 Å². The predicted molar refractivity (Wildman–Crippen MR) is 58.5 cm³/mol. The number of hydrogen-bond donors (Lipinski definition) is 0. The van der Waals surface area contributed by atoms with Crippen molar-refractivity contribution in [3.8, 4) is 0 Å². The van der Waals surface area contributed by atoms with Crippen LogP contribution in [0.1, 0.15) is 39.0 Å². The molecule has 0 N–H and O–H groups in total. The second kappa shape index (κ2) is 13.0. The molecule has 0 unspecified atom stereocenters. The predicted octanol–water partition coefficient (Wildman–Crippen LogP) is 2.43. The van der Waals surface area contributed by atoms with E-state index in [4.69, 9.17) is 12.6 Å². The largest absolute Gasteiger partial charge is 0.793 e. The van der Waals surface area contributed by atoms with Crippen molar-refractivity contribution in [2.45, 2.75) is 39.0 Å². The van der Waals surface area contributed by atoms with Gasteiger partial charge in [-0.2, -0.15) is 5.75 Å². The zero-order valence-electron chi connectivity index (χ0n) is 8.85. The molecule has 1 radical (unpaired) electrons. The van der Waals surface area contributed by atoms with Crippen molar-refractivity contribution in [1.82, 2.24) is 4.90 Å². The topological polar surface area (TPSA) is 3.24 Å². The Hall–Kier alpha value is 0.959. The minimum atomic E-state index is 0. The summed E-state index contributed by atoms with van der Waals surface area (Å²) < 4.78 is 0. The minimum absolute atomic E-state index is 0. The number of hydrogen-bond acceptors (Lipinski definition) is 2. The van der Waals surface area contributed by atoms with Gasteiger partial charge in [-0.05, 0) is 33.0 Å². The van der Waals surface area contributed by atoms with E-state index in [0.717, 1.165) is 5.75 Å². The molecule has 83 valence electrons. The minimum Gasteiger partial charge on any atom is -0.793 e. The van der Waals surface area contributed by atoms with E-state index in [9.17, 15) is 0 Å². The first-order valence-corrected chi connectivity index (χ1v) is 5.65. The van der Waals surface area contributed by atoms with Gasteiger partial charge in [-0.15, -0.1) is 0 Å². The molecule has 0 atom stereocenters. The van der Waals surface area contributed by atoms with Crippen LogP contribution in [-0.2, 0) is 32.7 Å². The van der Waals surface area contributed by atoms with Crippen LogP contribution in [0.5, 0.6) is 0 Å². The van der Waals surface area contributed by atoms with Crippen LogP contribution in [-0.4, -0.2) is 30.8 Å². The van der Waals surface area contributed by atoms with Crippen LogP contribution in [0.15, 0.2) is 0 Å². The van der Waals surface area contributed by atoms with Crippen molar-refractivity contribution in [1.29, 1.82) is 0 Å². The Morgan fingerprint density at radius 2 is 1.62 bits per heavy atom. The van der Waals surface area contributed by atoms with Crippen LogP contribution in [0.25, 0.3) is 0 Å². The zero-order chi connectivity index (χ0) is 9.23. The summed E-state index contributed by atoms with van der Waals surface area (Å²) in [6, 6.07) is 0. The van der Waals surface area contributed by atoms with Crippen LogP contribution >= 0.6 is 0 Å². The Morgan fingerprint density at radius 1 is 1.00 bits per heavy atom. The fourth-order valence-corrected chi connectivity index (χ4v) is 1.53. The molecule has 0 heterocycles. The van der Waals surface area contributed by atoms with Crippen LogP contribution in [0, 0.1) is 0 Å². The molecule has 0 saturated carbocycles. The van der Waals surface area contributed by atoms with Gasteiger partial charge in [0, 0.05) is 20.1 Å². The third kappa shape index (κ3) is 13.0. The van der Waals surface area contributed by atoms with Crippen LogP contribution in [0.4, 0.5) is 0 Å².